The first-order valence-corrected chi connectivity index (χ1v) is 11.8. The largest absolute Gasteiger partial charge is 0.417 e. The average Bonchev–Trinajstić information content (AvgIpc) is 2.80. The highest BCUT2D eigenvalue weighted by Crippen LogP contribution is 2.36. The van der Waals surface area contributed by atoms with Crippen LogP contribution in [0.3, 0.4) is 0 Å². The number of halogens is 4. The Morgan fingerprint density at radius 2 is 1.64 bits per heavy atom. The summed E-state index contributed by atoms with van der Waals surface area (Å²) in [7, 11) is 0. The second-order valence-corrected chi connectivity index (χ2v) is 9.11. The summed E-state index contributed by atoms with van der Waals surface area (Å²) in [5.41, 5.74) is 1.18. The Morgan fingerprint density at radius 1 is 0.972 bits per heavy atom. The predicted octanol–water partition coefficient (Wildman–Crippen LogP) is 6.28. The van der Waals surface area contributed by atoms with E-state index in [9.17, 15) is 22.8 Å². The van der Waals surface area contributed by atoms with Crippen molar-refractivity contribution in [1.82, 2.24) is 9.88 Å². The van der Waals surface area contributed by atoms with Gasteiger partial charge in [0.2, 0.25) is 5.91 Å². The molecule has 0 atom stereocenters. The number of urea groups is 1. The first-order chi connectivity index (χ1) is 17.1. The molecule has 3 N–H and O–H groups in total. The minimum atomic E-state index is -4.65. The van der Waals surface area contributed by atoms with Gasteiger partial charge in [0.05, 0.1) is 28.3 Å². The zero-order chi connectivity index (χ0) is 25.9. The Kier molecular flexibility index (Phi) is 7.65. The molecule has 0 spiro atoms. The number of nitrogens with zero attached hydrogens (tertiary/aromatic N) is 2. The highest BCUT2D eigenvalue weighted by Gasteiger charge is 2.33. The van der Waals surface area contributed by atoms with E-state index < -0.39 is 22.8 Å². The third-order valence-corrected chi connectivity index (χ3v) is 6.14. The van der Waals surface area contributed by atoms with E-state index in [-0.39, 0.29) is 11.6 Å². The number of anilines is 3. The Bertz CT molecular complexity index is 1290. The molecule has 1 aromatic heterocycles. The first-order valence-electron chi connectivity index (χ1n) is 11.5. The Morgan fingerprint density at radius 3 is 2.33 bits per heavy atom. The number of piperidine rings is 1. The summed E-state index contributed by atoms with van der Waals surface area (Å²) in [5, 5.41) is 8.10. The number of rotatable bonds is 5. The minimum Gasteiger partial charge on any atom is -0.324 e. The molecule has 7 nitrogen and oxygen atoms in total. The third kappa shape index (κ3) is 6.44. The van der Waals surface area contributed by atoms with Crippen LogP contribution in [0.2, 0.25) is 5.02 Å². The fourth-order valence-electron chi connectivity index (χ4n) is 4.16. The van der Waals surface area contributed by atoms with E-state index in [1.54, 1.807) is 24.3 Å². The van der Waals surface area contributed by atoms with Gasteiger partial charge in [0.1, 0.15) is 0 Å². The third-order valence-electron chi connectivity index (χ3n) is 5.81. The molecule has 0 radical (unpaired) electrons. The number of aromatic nitrogens is 1. The van der Waals surface area contributed by atoms with Gasteiger partial charge < -0.3 is 16.0 Å². The molecule has 11 heteroatoms. The van der Waals surface area contributed by atoms with Crippen molar-refractivity contribution < 1.29 is 22.8 Å². The van der Waals surface area contributed by atoms with Gasteiger partial charge >= 0.3 is 12.2 Å². The summed E-state index contributed by atoms with van der Waals surface area (Å²) in [5.74, 6) is -0.136. The van der Waals surface area contributed by atoms with E-state index in [0.717, 1.165) is 43.8 Å². The monoisotopic (exact) mass is 519 g/mol. The van der Waals surface area contributed by atoms with Gasteiger partial charge in [-0.05, 0) is 75.3 Å². The summed E-state index contributed by atoms with van der Waals surface area (Å²) in [4.78, 5) is 31.8. The van der Waals surface area contributed by atoms with Crippen molar-refractivity contribution in [2.24, 2.45) is 0 Å². The van der Waals surface area contributed by atoms with Crippen LogP contribution in [0.5, 0.6) is 0 Å². The molecule has 0 unspecified atom stereocenters. The normalized spacial score (nSPS) is 14.5. The summed E-state index contributed by atoms with van der Waals surface area (Å²) < 4.78 is 39.3. The van der Waals surface area contributed by atoms with Crippen LogP contribution in [0.4, 0.5) is 35.0 Å². The molecule has 1 aliphatic rings. The zero-order valence-electron chi connectivity index (χ0n) is 19.5. The quantitative estimate of drug-likeness (QED) is 0.370. The maximum atomic E-state index is 13.1. The lowest BCUT2D eigenvalue weighted by molar-refractivity contribution is -0.137. The number of hydrogen-bond acceptors (Lipinski definition) is 4. The van der Waals surface area contributed by atoms with Gasteiger partial charge in [-0.2, -0.15) is 13.2 Å². The standard InChI is InChI=1S/C25H25ClF3N5O2/c1-15-11-22(33-23(35)14-34-9-3-2-4-10-34)18-12-16(6-8-21(18)30-15)31-24(36)32-17-5-7-20(26)19(13-17)25(27,28)29/h5-8,11-13H,2-4,9-10,14H2,1H3,(H,30,33,35)(H2,31,32,36). The molecule has 1 aliphatic heterocycles. The van der Waals surface area contributed by atoms with Crippen molar-refractivity contribution in [2.75, 3.05) is 35.6 Å². The number of fused-ring (bicyclic) bond motifs is 1. The van der Waals surface area contributed by atoms with E-state index in [0.29, 0.717) is 28.8 Å². The van der Waals surface area contributed by atoms with Crippen LogP contribution in [0.15, 0.2) is 42.5 Å². The minimum absolute atomic E-state index is 0.0621. The molecule has 0 aliphatic carbocycles. The molecule has 4 rings (SSSR count). The van der Waals surface area contributed by atoms with Crippen molar-refractivity contribution in [3.8, 4) is 0 Å². The Labute approximate surface area is 211 Å². The molecule has 190 valence electrons. The van der Waals surface area contributed by atoms with E-state index in [2.05, 4.69) is 25.8 Å². The number of aryl methyl sites for hydroxylation is 1. The lowest BCUT2D eigenvalue weighted by Gasteiger charge is -2.25. The molecule has 0 saturated carbocycles. The van der Waals surface area contributed by atoms with Gasteiger partial charge in [-0.25, -0.2) is 4.79 Å². The smallest absolute Gasteiger partial charge is 0.324 e. The van der Waals surface area contributed by atoms with Crippen LogP contribution >= 0.6 is 11.6 Å². The molecule has 2 heterocycles. The van der Waals surface area contributed by atoms with Crippen molar-refractivity contribution >= 4 is 51.5 Å². The van der Waals surface area contributed by atoms with Crippen molar-refractivity contribution in [3.05, 3.63) is 58.7 Å². The van der Waals surface area contributed by atoms with Crippen LogP contribution in [0.25, 0.3) is 10.9 Å². The summed E-state index contributed by atoms with van der Waals surface area (Å²) in [6.45, 7) is 3.90. The molecular formula is C25H25ClF3N5O2. The highest BCUT2D eigenvalue weighted by molar-refractivity contribution is 6.31. The SMILES string of the molecule is Cc1cc(NC(=O)CN2CCCCC2)c2cc(NC(=O)Nc3ccc(Cl)c(C(F)(F)F)c3)ccc2n1. The number of nitrogens with one attached hydrogen (secondary N) is 3. The number of likely N-dealkylation sites (tertiary alicyclic amines) is 1. The molecule has 1 saturated heterocycles. The van der Waals surface area contributed by atoms with E-state index >= 15 is 0 Å². The summed E-state index contributed by atoms with van der Waals surface area (Å²) in [6.07, 6.45) is -1.31. The van der Waals surface area contributed by atoms with Crippen LogP contribution in [0, 0.1) is 6.92 Å². The number of benzene rings is 2. The number of amides is 3. The van der Waals surface area contributed by atoms with Gasteiger partial charge in [-0.3, -0.25) is 14.7 Å². The van der Waals surface area contributed by atoms with Crippen LogP contribution in [-0.4, -0.2) is 41.5 Å². The lowest BCUT2D eigenvalue weighted by atomic mass is 10.1. The molecule has 3 amide bonds. The Hall–Kier alpha value is -3.37. The van der Waals surface area contributed by atoms with Gasteiger partial charge in [0.25, 0.3) is 0 Å². The molecule has 0 bridgehead atoms. The highest BCUT2D eigenvalue weighted by atomic mass is 35.5. The molecule has 36 heavy (non-hydrogen) atoms. The summed E-state index contributed by atoms with van der Waals surface area (Å²) >= 11 is 5.63. The Balaban J connectivity index is 1.49. The number of alkyl halides is 3. The van der Waals surface area contributed by atoms with E-state index in [1.807, 2.05) is 6.92 Å². The summed E-state index contributed by atoms with van der Waals surface area (Å²) in [6, 6.07) is 9.11. The maximum absolute atomic E-state index is 13.1. The van der Waals surface area contributed by atoms with Gasteiger partial charge in [-0.1, -0.05) is 18.0 Å². The molecule has 3 aromatic rings. The second-order valence-electron chi connectivity index (χ2n) is 8.70. The number of hydrogen-bond donors (Lipinski definition) is 3. The average molecular weight is 520 g/mol. The van der Waals surface area contributed by atoms with Crippen molar-refractivity contribution in [3.63, 3.8) is 0 Å². The molecule has 2 aromatic carbocycles. The number of carbonyl (C=O) groups is 2. The van der Waals surface area contributed by atoms with Gasteiger partial charge in [0, 0.05) is 22.5 Å². The van der Waals surface area contributed by atoms with Crippen LogP contribution < -0.4 is 16.0 Å². The van der Waals surface area contributed by atoms with Crippen molar-refractivity contribution in [1.29, 1.82) is 0 Å². The fourth-order valence-corrected chi connectivity index (χ4v) is 4.39. The second kappa shape index (κ2) is 10.7. The van der Waals surface area contributed by atoms with Crippen LogP contribution in [0.1, 0.15) is 30.5 Å². The van der Waals surface area contributed by atoms with Gasteiger partial charge in [-0.15, -0.1) is 0 Å². The van der Waals surface area contributed by atoms with E-state index in [4.69, 9.17) is 11.6 Å². The van der Waals surface area contributed by atoms with Crippen molar-refractivity contribution in [2.45, 2.75) is 32.4 Å². The maximum Gasteiger partial charge on any atom is 0.417 e. The predicted molar refractivity (Wildman–Crippen MR) is 134 cm³/mol. The van der Waals surface area contributed by atoms with Gasteiger partial charge in [0.15, 0.2) is 0 Å². The van der Waals surface area contributed by atoms with Crippen LogP contribution in [-0.2, 0) is 11.0 Å². The van der Waals surface area contributed by atoms with E-state index in [1.165, 1.54) is 12.5 Å². The molecule has 1 fully saturated rings. The number of pyridine rings is 1. The molecular weight excluding hydrogens is 495 g/mol. The fraction of sp³-hybridized carbons (Fsp3) is 0.320. The first kappa shape index (κ1) is 25.7. The topological polar surface area (TPSA) is 86.4 Å². The lowest BCUT2D eigenvalue weighted by Crippen LogP contribution is -2.36. The number of carbonyl (C=O) groups excluding carboxylic acids is 2. The zero-order valence-corrected chi connectivity index (χ0v) is 20.3.